The molecule has 1 saturated heterocycles. The van der Waals surface area contributed by atoms with Gasteiger partial charge in [-0.3, -0.25) is 0 Å². The number of rotatable bonds is 4. The van der Waals surface area contributed by atoms with Crippen LogP contribution in [-0.4, -0.2) is 24.1 Å². The molecule has 1 aliphatic heterocycles. The quantitative estimate of drug-likeness (QED) is 0.927. The number of anilines is 1. The molecule has 2 aromatic rings. The van der Waals surface area contributed by atoms with Crippen molar-refractivity contribution in [2.24, 2.45) is 0 Å². The number of piperidine rings is 1. The van der Waals surface area contributed by atoms with Crippen LogP contribution in [0.25, 0.3) is 10.9 Å². The van der Waals surface area contributed by atoms with Crippen LogP contribution in [0.4, 0.5) is 5.82 Å². The summed E-state index contributed by atoms with van der Waals surface area (Å²) in [5.41, 5.74) is 2.47. The summed E-state index contributed by atoms with van der Waals surface area (Å²) in [7, 11) is 0. The molecule has 3 heteroatoms. The van der Waals surface area contributed by atoms with Crippen LogP contribution in [0.2, 0.25) is 0 Å². The number of benzene rings is 1. The maximum atomic E-state index is 4.88. The zero-order chi connectivity index (χ0) is 14.7. The summed E-state index contributed by atoms with van der Waals surface area (Å²) in [5, 5.41) is 4.81. The fourth-order valence-electron chi connectivity index (χ4n) is 2.98. The number of nitrogens with zero attached hydrogens (tertiary/aromatic N) is 2. The van der Waals surface area contributed by atoms with E-state index < -0.39 is 0 Å². The Kier molecular flexibility index (Phi) is 4.39. The SMILES string of the molecule is CC(C)NCc1cc(N2CCCCC2)nc2ccccc12. The molecule has 0 aliphatic carbocycles. The molecule has 1 aliphatic rings. The average molecular weight is 283 g/mol. The first-order valence-corrected chi connectivity index (χ1v) is 8.11. The molecule has 1 fully saturated rings. The van der Waals surface area contributed by atoms with Crippen LogP contribution in [0.15, 0.2) is 30.3 Å². The van der Waals surface area contributed by atoms with Crippen molar-refractivity contribution >= 4 is 16.7 Å². The first kappa shape index (κ1) is 14.3. The summed E-state index contributed by atoms with van der Waals surface area (Å²) in [6, 6.07) is 11.3. The molecule has 0 unspecified atom stereocenters. The van der Waals surface area contributed by atoms with Crippen LogP contribution in [0.3, 0.4) is 0 Å². The van der Waals surface area contributed by atoms with E-state index in [4.69, 9.17) is 4.98 Å². The summed E-state index contributed by atoms with van der Waals surface area (Å²) in [6.45, 7) is 7.57. The third kappa shape index (κ3) is 3.35. The maximum Gasteiger partial charge on any atom is 0.129 e. The van der Waals surface area contributed by atoms with Crippen molar-refractivity contribution in [3.8, 4) is 0 Å². The first-order valence-electron chi connectivity index (χ1n) is 8.11. The topological polar surface area (TPSA) is 28.2 Å². The predicted octanol–water partition coefficient (Wildman–Crippen LogP) is 3.72. The van der Waals surface area contributed by atoms with Crippen LogP contribution in [0, 0.1) is 0 Å². The van der Waals surface area contributed by atoms with Gasteiger partial charge in [0, 0.05) is 31.1 Å². The summed E-state index contributed by atoms with van der Waals surface area (Å²) < 4.78 is 0. The van der Waals surface area contributed by atoms with Gasteiger partial charge < -0.3 is 10.2 Å². The van der Waals surface area contributed by atoms with E-state index in [1.165, 1.54) is 30.2 Å². The van der Waals surface area contributed by atoms with E-state index in [-0.39, 0.29) is 0 Å². The second-order valence-electron chi connectivity index (χ2n) is 6.24. The Hall–Kier alpha value is -1.61. The smallest absolute Gasteiger partial charge is 0.129 e. The Balaban J connectivity index is 1.97. The summed E-state index contributed by atoms with van der Waals surface area (Å²) in [5.74, 6) is 1.15. The molecule has 0 amide bonds. The van der Waals surface area contributed by atoms with E-state index in [0.717, 1.165) is 31.0 Å². The van der Waals surface area contributed by atoms with E-state index in [9.17, 15) is 0 Å². The molecule has 0 atom stereocenters. The third-order valence-electron chi connectivity index (χ3n) is 4.17. The zero-order valence-corrected chi connectivity index (χ0v) is 13.1. The Labute approximate surface area is 127 Å². The number of para-hydroxylation sites is 1. The average Bonchev–Trinajstić information content (AvgIpc) is 2.53. The summed E-state index contributed by atoms with van der Waals surface area (Å²) >= 11 is 0. The first-order chi connectivity index (χ1) is 10.2. The number of nitrogens with one attached hydrogen (secondary N) is 1. The molecule has 2 heterocycles. The van der Waals surface area contributed by atoms with Gasteiger partial charge in [0.05, 0.1) is 5.52 Å². The van der Waals surface area contributed by atoms with Crippen LogP contribution < -0.4 is 10.2 Å². The van der Waals surface area contributed by atoms with Crippen LogP contribution in [0.5, 0.6) is 0 Å². The minimum Gasteiger partial charge on any atom is -0.357 e. The van der Waals surface area contributed by atoms with Gasteiger partial charge in [-0.25, -0.2) is 4.98 Å². The van der Waals surface area contributed by atoms with Crippen molar-refractivity contribution < 1.29 is 0 Å². The van der Waals surface area contributed by atoms with Gasteiger partial charge in [0.2, 0.25) is 0 Å². The Morgan fingerprint density at radius 2 is 1.90 bits per heavy atom. The lowest BCUT2D eigenvalue weighted by molar-refractivity contribution is 0.572. The van der Waals surface area contributed by atoms with Gasteiger partial charge in [-0.2, -0.15) is 0 Å². The van der Waals surface area contributed by atoms with Crippen LogP contribution in [0.1, 0.15) is 38.7 Å². The van der Waals surface area contributed by atoms with Crippen molar-refractivity contribution in [2.75, 3.05) is 18.0 Å². The fourth-order valence-corrected chi connectivity index (χ4v) is 2.98. The van der Waals surface area contributed by atoms with Crippen molar-refractivity contribution in [1.82, 2.24) is 10.3 Å². The number of fused-ring (bicyclic) bond motifs is 1. The molecule has 0 spiro atoms. The second-order valence-corrected chi connectivity index (χ2v) is 6.24. The lowest BCUT2D eigenvalue weighted by Crippen LogP contribution is -2.30. The normalized spacial score (nSPS) is 15.9. The van der Waals surface area contributed by atoms with E-state index in [0.29, 0.717) is 6.04 Å². The standard InChI is InChI=1S/C18H25N3/c1-14(2)19-13-15-12-18(21-10-6-3-7-11-21)20-17-9-5-4-8-16(15)17/h4-5,8-9,12,14,19H,3,6-7,10-11,13H2,1-2H3. The van der Waals surface area contributed by atoms with Gasteiger partial charge in [-0.15, -0.1) is 0 Å². The van der Waals surface area contributed by atoms with Gasteiger partial charge in [-0.05, 0) is 37.0 Å². The molecule has 1 N–H and O–H groups in total. The molecule has 0 radical (unpaired) electrons. The lowest BCUT2D eigenvalue weighted by Gasteiger charge is -2.28. The minimum absolute atomic E-state index is 0.496. The molecular formula is C18H25N3. The number of hydrogen-bond donors (Lipinski definition) is 1. The molecule has 3 rings (SSSR count). The van der Waals surface area contributed by atoms with Gasteiger partial charge in [0.15, 0.2) is 0 Å². The van der Waals surface area contributed by atoms with Crippen molar-refractivity contribution in [2.45, 2.75) is 45.7 Å². The van der Waals surface area contributed by atoms with E-state index in [2.05, 4.69) is 54.4 Å². The summed E-state index contributed by atoms with van der Waals surface area (Å²) in [4.78, 5) is 7.32. The molecule has 112 valence electrons. The highest BCUT2D eigenvalue weighted by atomic mass is 15.2. The van der Waals surface area contributed by atoms with Crippen LogP contribution in [-0.2, 0) is 6.54 Å². The van der Waals surface area contributed by atoms with Gasteiger partial charge in [0.1, 0.15) is 5.82 Å². The Morgan fingerprint density at radius 3 is 2.67 bits per heavy atom. The molecule has 3 nitrogen and oxygen atoms in total. The minimum atomic E-state index is 0.496. The Bertz CT molecular complexity index is 600. The van der Waals surface area contributed by atoms with E-state index in [1.54, 1.807) is 0 Å². The van der Waals surface area contributed by atoms with E-state index in [1.807, 2.05) is 0 Å². The predicted molar refractivity (Wildman–Crippen MR) is 89.8 cm³/mol. The monoisotopic (exact) mass is 283 g/mol. The maximum absolute atomic E-state index is 4.88. The van der Waals surface area contributed by atoms with Crippen molar-refractivity contribution in [3.05, 3.63) is 35.9 Å². The fraction of sp³-hybridized carbons (Fsp3) is 0.500. The molecule has 0 saturated carbocycles. The molecular weight excluding hydrogens is 258 g/mol. The highest BCUT2D eigenvalue weighted by molar-refractivity contribution is 5.84. The molecule has 1 aromatic carbocycles. The number of pyridine rings is 1. The second kappa shape index (κ2) is 6.44. The molecule has 21 heavy (non-hydrogen) atoms. The Morgan fingerprint density at radius 1 is 1.14 bits per heavy atom. The molecule has 0 bridgehead atoms. The largest absolute Gasteiger partial charge is 0.357 e. The molecule has 1 aromatic heterocycles. The van der Waals surface area contributed by atoms with Gasteiger partial charge >= 0.3 is 0 Å². The summed E-state index contributed by atoms with van der Waals surface area (Å²) in [6.07, 6.45) is 3.92. The van der Waals surface area contributed by atoms with Crippen molar-refractivity contribution in [3.63, 3.8) is 0 Å². The third-order valence-corrected chi connectivity index (χ3v) is 4.17. The van der Waals surface area contributed by atoms with Crippen molar-refractivity contribution in [1.29, 1.82) is 0 Å². The van der Waals surface area contributed by atoms with Crippen LogP contribution >= 0.6 is 0 Å². The highest BCUT2D eigenvalue weighted by Gasteiger charge is 2.14. The highest BCUT2D eigenvalue weighted by Crippen LogP contribution is 2.25. The van der Waals surface area contributed by atoms with Gasteiger partial charge in [-0.1, -0.05) is 32.0 Å². The number of hydrogen-bond acceptors (Lipinski definition) is 3. The number of aromatic nitrogens is 1. The zero-order valence-electron chi connectivity index (χ0n) is 13.1. The lowest BCUT2D eigenvalue weighted by atomic mass is 10.1. The van der Waals surface area contributed by atoms with Gasteiger partial charge in [0.25, 0.3) is 0 Å². The van der Waals surface area contributed by atoms with E-state index >= 15 is 0 Å².